The van der Waals surface area contributed by atoms with Crippen molar-refractivity contribution in [1.29, 1.82) is 0 Å². The lowest BCUT2D eigenvalue weighted by atomic mass is 10.0. The molecule has 100 valence electrons. The van der Waals surface area contributed by atoms with E-state index < -0.39 is 5.37 Å². The number of hydrazine groups is 1. The van der Waals surface area contributed by atoms with Gasteiger partial charge in [0.15, 0.2) is 0 Å². The van der Waals surface area contributed by atoms with Crippen LogP contribution in [0.4, 0.5) is 4.79 Å². The largest absolute Gasteiger partial charge is 0.328 e. The van der Waals surface area contributed by atoms with E-state index in [9.17, 15) is 4.79 Å². The number of hydrogen-bond donors (Lipinski definition) is 1. The van der Waals surface area contributed by atoms with Gasteiger partial charge >= 0.3 is 5.37 Å². The topological polar surface area (TPSA) is 35.6 Å². The third-order valence-electron chi connectivity index (χ3n) is 3.62. The first-order valence-corrected chi connectivity index (χ1v) is 6.58. The van der Waals surface area contributed by atoms with Crippen LogP contribution >= 0.6 is 24.0 Å². The smallest absolute Gasteiger partial charge is 0.300 e. The summed E-state index contributed by atoms with van der Waals surface area (Å²) in [4.78, 5) is 13.3. The van der Waals surface area contributed by atoms with Gasteiger partial charge in [-0.05, 0) is 50.4 Å². The third kappa shape index (κ3) is 4.62. The summed E-state index contributed by atoms with van der Waals surface area (Å²) in [7, 11) is 0. The Balaban J connectivity index is 0.00000144. The van der Waals surface area contributed by atoms with Crippen LogP contribution in [0.2, 0.25) is 0 Å². The quantitative estimate of drug-likeness (QED) is 0.623. The van der Waals surface area contributed by atoms with Crippen molar-refractivity contribution in [2.45, 2.75) is 38.1 Å². The van der Waals surface area contributed by atoms with Gasteiger partial charge in [-0.3, -0.25) is 10.2 Å². The average Bonchev–Trinajstić information content (AvgIpc) is 2.30. The van der Waals surface area contributed by atoms with E-state index in [-0.39, 0.29) is 12.4 Å². The molecule has 2 fully saturated rings. The molecule has 0 aliphatic carbocycles. The molecule has 17 heavy (non-hydrogen) atoms. The molecule has 2 rings (SSSR count). The fourth-order valence-electron chi connectivity index (χ4n) is 2.75. The highest BCUT2D eigenvalue weighted by atomic mass is 35.5. The Hall–Kier alpha value is -0.0300. The van der Waals surface area contributed by atoms with Crippen molar-refractivity contribution in [3.63, 3.8) is 0 Å². The number of likely N-dealkylation sites (tertiary alicyclic amines) is 1. The molecule has 0 radical (unpaired) electrons. The summed E-state index contributed by atoms with van der Waals surface area (Å²) >= 11 is 5.29. The molecule has 2 heterocycles. The molecular formula is C11H21Cl2N3O. The molecule has 4 nitrogen and oxygen atoms in total. The highest BCUT2D eigenvalue weighted by molar-refractivity contribution is 6.62. The van der Waals surface area contributed by atoms with E-state index in [1.807, 2.05) is 5.01 Å². The van der Waals surface area contributed by atoms with Gasteiger partial charge in [0.05, 0.1) is 0 Å². The summed E-state index contributed by atoms with van der Waals surface area (Å²) < 4.78 is 0. The van der Waals surface area contributed by atoms with Crippen LogP contribution in [0.5, 0.6) is 0 Å². The molecule has 2 aliphatic rings. The molecule has 6 heteroatoms. The van der Waals surface area contributed by atoms with E-state index in [1.165, 1.54) is 32.4 Å². The Kier molecular flexibility index (Phi) is 6.55. The second kappa shape index (κ2) is 7.41. The fourth-order valence-corrected chi connectivity index (χ4v) is 2.87. The van der Waals surface area contributed by atoms with E-state index in [4.69, 9.17) is 11.6 Å². The van der Waals surface area contributed by atoms with Crippen LogP contribution < -0.4 is 5.43 Å². The molecule has 1 N–H and O–H groups in total. The molecule has 2 saturated heterocycles. The molecular weight excluding hydrogens is 261 g/mol. The van der Waals surface area contributed by atoms with Crippen LogP contribution in [-0.2, 0) is 0 Å². The normalized spacial score (nSPS) is 24.1. The fraction of sp³-hybridized carbons (Fsp3) is 0.909. The second-order valence-corrected chi connectivity index (χ2v) is 5.04. The van der Waals surface area contributed by atoms with Gasteiger partial charge in [0.2, 0.25) is 0 Å². The molecule has 0 aromatic rings. The Morgan fingerprint density at radius 3 is 2.18 bits per heavy atom. The summed E-state index contributed by atoms with van der Waals surface area (Å²) in [5.41, 5.74) is 2.65. The number of carbonyl (C=O) groups is 1. The van der Waals surface area contributed by atoms with Gasteiger partial charge in [-0.15, -0.1) is 12.4 Å². The number of amides is 1. The van der Waals surface area contributed by atoms with Crippen molar-refractivity contribution in [3.05, 3.63) is 0 Å². The van der Waals surface area contributed by atoms with Crippen LogP contribution in [-0.4, -0.2) is 47.5 Å². The molecule has 0 aromatic carbocycles. The summed E-state index contributed by atoms with van der Waals surface area (Å²) in [6.07, 6.45) is 6.35. The number of carbonyl (C=O) groups excluding carboxylic acids is 1. The maximum atomic E-state index is 10.7. The first kappa shape index (κ1) is 15.0. The lowest BCUT2D eigenvalue weighted by Gasteiger charge is -2.39. The number of nitrogens with zero attached hydrogens (tertiary/aromatic N) is 2. The SMILES string of the molecule is Cl.O=C(Cl)NN1CCC(N2CCCCC2)CC1. The molecule has 2 aliphatic heterocycles. The first-order valence-electron chi connectivity index (χ1n) is 6.21. The minimum Gasteiger partial charge on any atom is -0.300 e. The summed E-state index contributed by atoms with van der Waals surface area (Å²) in [5, 5.41) is 1.45. The van der Waals surface area contributed by atoms with Crippen LogP contribution in [0.3, 0.4) is 0 Å². The highest BCUT2D eigenvalue weighted by Crippen LogP contribution is 2.19. The van der Waals surface area contributed by atoms with Crippen molar-refractivity contribution < 1.29 is 4.79 Å². The monoisotopic (exact) mass is 281 g/mol. The summed E-state index contributed by atoms with van der Waals surface area (Å²) in [6.45, 7) is 4.35. The summed E-state index contributed by atoms with van der Waals surface area (Å²) in [6, 6.07) is 0.712. The first-order chi connectivity index (χ1) is 7.75. The zero-order valence-corrected chi connectivity index (χ0v) is 11.6. The van der Waals surface area contributed by atoms with Crippen LogP contribution in [0.1, 0.15) is 32.1 Å². The number of rotatable bonds is 2. The average molecular weight is 282 g/mol. The predicted molar refractivity (Wildman–Crippen MR) is 71.7 cm³/mol. The predicted octanol–water partition coefficient (Wildman–Crippen LogP) is 2.22. The molecule has 0 unspecified atom stereocenters. The third-order valence-corrected chi connectivity index (χ3v) is 3.70. The van der Waals surface area contributed by atoms with Gasteiger partial charge in [0, 0.05) is 19.1 Å². The van der Waals surface area contributed by atoms with E-state index in [0.29, 0.717) is 6.04 Å². The molecule has 0 aromatic heterocycles. The number of nitrogens with one attached hydrogen (secondary N) is 1. The Labute approximate surface area is 114 Å². The standard InChI is InChI=1S/C11H20ClN3O.ClH/c12-11(16)13-15-8-4-10(5-9-15)14-6-2-1-3-7-14;/h10H,1-9H2,(H,13,16);1H. The Morgan fingerprint density at radius 2 is 1.65 bits per heavy atom. The lowest BCUT2D eigenvalue weighted by Crippen LogP contribution is -2.51. The van der Waals surface area contributed by atoms with Crippen molar-refractivity contribution in [3.8, 4) is 0 Å². The molecule has 0 saturated carbocycles. The van der Waals surface area contributed by atoms with Gasteiger partial charge in [-0.1, -0.05) is 6.42 Å². The zero-order chi connectivity index (χ0) is 11.4. The van der Waals surface area contributed by atoms with Crippen molar-refractivity contribution >= 4 is 29.4 Å². The molecule has 0 spiro atoms. The van der Waals surface area contributed by atoms with Crippen molar-refractivity contribution in [1.82, 2.24) is 15.3 Å². The van der Waals surface area contributed by atoms with E-state index in [2.05, 4.69) is 10.3 Å². The number of hydrogen-bond acceptors (Lipinski definition) is 3. The number of halogens is 2. The van der Waals surface area contributed by atoms with Crippen LogP contribution in [0.15, 0.2) is 0 Å². The minimum absolute atomic E-state index is 0. The van der Waals surface area contributed by atoms with E-state index in [1.54, 1.807) is 0 Å². The highest BCUT2D eigenvalue weighted by Gasteiger charge is 2.25. The minimum atomic E-state index is -0.476. The molecule has 0 bridgehead atoms. The van der Waals surface area contributed by atoms with E-state index >= 15 is 0 Å². The maximum absolute atomic E-state index is 10.7. The molecule has 1 amide bonds. The lowest BCUT2D eigenvalue weighted by molar-refractivity contribution is 0.0769. The summed E-state index contributed by atoms with van der Waals surface area (Å²) in [5.74, 6) is 0. The zero-order valence-electron chi connectivity index (χ0n) is 10.0. The van der Waals surface area contributed by atoms with Gasteiger partial charge in [0.1, 0.15) is 0 Å². The number of piperidine rings is 2. The van der Waals surface area contributed by atoms with Crippen LogP contribution in [0, 0.1) is 0 Å². The van der Waals surface area contributed by atoms with Gasteiger partial charge in [-0.2, -0.15) is 0 Å². The maximum Gasteiger partial charge on any atom is 0.328 e. The van der Waals surface area contributed by atoms with Gasteiger partial charge in [0.25, 0.3) is 0 Å². The van der Waals surface area contributed by atoms with E-state index in [0.717, 1.165) is 25.9 Å². The van der Waals surface area contributed by atoms with Crippen LogP contribution in [0.25, 0.3) is 0 Å². The molecule has 0 atom stereocenters. The Bertz CT molecular complexity index is 239. The van der Waals surface area contributed by atoms with Crippen molar-refractivity contribution in [2.75, 3.05) is 26.2 Å². The van der Waals surface area contributed by atoms with Crippen molar-refractivity contribution in [2.24, 2.45) is 0 Å². The van der Waals surface area contributed by atoms with Gasteiger partial charge < -0.3 is 4.90 Å². The second-order valence-electron chi connectivity index (χ2n) is 4.70. The van der Waals surface area contributed by atoms with Gasteiger partial charge in [-0.25, -0.2) is 5.01 Å². The Morgan fingerprint density at radius 1 is 1.06 bits per heavy atom.